The van der Waals surface area contributed by atoms with E-state index in [1.807, 2.05) is 12.1 Å². The summed E-state index contributed by atoms with van der Waals surface area (Å²) in [7, 11) is 5.97. The lowest BCUT2D eigenvalue weighted by atomic mass is 9.63. The van der Waals surface area contributed by atoms with Crippen LogP contribution in [0.2, 0.25) is 0 Å². The van der Waals surface area contributed by atoms with Crippen LogP contribution in [0.4, 0.5) is 0 Å². The Morgan fingerprint density at radius 3 is 2.21 bits per heavy atom. The van der Waals surface area contributed by atoms with Gasteiger partial charge in [-0.2, -0.15) is 0 Å². The highest BCUT2D eigenvalue weighted by Crippen LogP contribution is 2.51. The number of benzene rings is 2. The summed E-state index contributed by atoms with van der Waals surface area (Å²) in [5, 5.41) is 1.21. The molecule has 260 valence electrons. The highest BCUT2D eigenvalue weighted by Gasteiger charge is 2.54. The molecule has 0 radical (unpaired) electrons. The maximum atomic E-state index is 13.5. The van der Waals surface area contributed by atoms with Crippen LogP contribution in [0.3, 0.4) is 0 Å². The Bertz CT molecular complexity index is 1630. The molecule has 48 heavy (non-hydrogen) atoms. The van der Waals surface area contributed by atoms with Gasteiger partial charge in [-0.15, -0.1) is 0 Å². The summed E-state index contributed by atoms with van der Waals surface area (Å²) in [6.07, 6.45) is 0.920. The first-order chi connectivity index (χ1) is 23.1. The molecule has 2 aromatic carbocycles. The number of H-pyrrole nitrogens is 1. The molecule has 3 aliphatic rings. The smallest absolute Gasteiger partial charge is 0.511 e. The standard InChI is InChI=1S/C33H40N2O9.H2O3Si/c1-38-19-7-8-20-21-9-10-35-16-18-13-27(44-32(36)17-11-25(39-2)30(41-4)26(12-17)40-3)31(42-5)28(33(37)43-6)22(18)15-24(35)29(21)34-23(20)14-19;1-4(2)3/h7-8,11-12,14,18,22,24,27-28,31,34H,9-10,13,15-16H2,1-6H3;1-2H/t18-,22+,24-,27-,28+,31+;/m1./s1. The molecule has 2 fully saturated rings. The zero-order valence-corrected chi connectivity index (χ0v) is 28.8. The SMILES string of the molecule is COC(=O)[C@H]1[C@H]2C[C@@H]3c4[nH]c5cc(OC)ccc5c4CCN3C[C@H]2C[C@@H](OC(=O)c2cc(OC)c(OC)c(OC)c2)[C@@H]1OC.O=[Si](O)O. The highest BCUT2D eigenvalue weighted by molar-refractivity contribution is 6.22. The number of carbonyl (C=O) groups is 2. The van der Waals surface area contributed by atoms with Crippen molar-refractivity contribution in [1.82, 2.24) is 9.88 Å². The number of fused-ring (bicyclic) bond motifs is 6. The summed E-state index contributed by atoms with van der Waals surface area (Å²) in [4.78, 5) is 47.5. The average Bonchev–Trinajstić information content (AvgIpc) is 3.47. The molecular formula is C33H42N2O12Si. The van der Waals surface area contributed by atoms with E-state index in [1.54, 1.807) is 26.4 Å². The molecule has 6 rings (SSSR count). The number of aromatic amines is 1. The van der Waals surface area contributed by atoms with Crippen molar-refractivity contribution in [2.24, 2.45) is 17.8 Å². The first-order valence-corrected chi connectivity index (χ1v) is 16.8. The molecule has 1 aliphatic carbocycles. The van der Waals surface area contributed by atoms with Crippen molar-refractivity contribution in [2.45, 2.75) is 37.5 Å². The van der Waals surface area contributed by atoms with Crippen molar-refractivity contribution < 1.29 is 56.8 Å². The molecule has 3 heterocycles. The van der Waals surface area contributed by atoms with E-state index in [-0.39, 0.29) is 29.4 Å². The van der Waals surface area contributed by atoms with Crippen LogP contribution in [0.25, 0.3) is 10.9 Å². The Kier molecular flexibility index (Phi) is 10.8. The highest BCUT2D eigenvalue weighted by atomic mass is 28.3. The number of hydrogen-bond donors (Lipinski definition) is 3. The summed E-state index contributed by atoms with van der Waals surface area (Å²) in [5.41, 5.74) is 3.83. The number of hydrogen-bond acceptors (Lipinski definition) is 11. The first kappa shape index (κ1) is 35.0. The van der Waals surface area contributed by atoms with E-state index in [2.05, 4.69) is 16.0 Å². The second-order valence-electron chi connectivity index (χ2n) is 12.0. The van der Waals surface area contributed by atoms with Crippen molar-refractivity contribution in [2.75, 3.05) is 55.7 Å². The second kappa shape index (κ2) is 14.8. The third kappa shape index (κ3) is 6.66. The normalized spacial score (nSPS) is 24.5. The Hall–Kier alpha value is -4.34. The van der Waals surface area contributed by atoms with Gasteiger partial charge in [-0.1, -0.05) is 0 Å². The zero-order chi connectivity index (χ0) is 34.7. The van der Waals surface area contributed by atoms with E-state index in [1.165, 1.54) is 45.1 Å². The number of methoxy groups -OCH3 is 6. The van der Waals surface area contributed by atoms with Gasteiger partial charge in [0.25, 0.3) is 0 Å². The van der Waals surface area contributed by atoms with Crippen LogP contribution in [0, 0.1) is 17.8 Å². The lowest BCUT2D eigenvalue weighted by Gasteiger charge is -2.52. The first-order valence-electron chi connectivity index (χ1n) is 15.5. The summed E-state index contributed by atoms with van der Waals surface area (Å²) >= 11 is 0. The van der Waals surface area contributed by atoms with Gasteiger partial charge in [0.2, 0.25) is 5.75 Å². The molecule has 1 saturated heterocycles. The van der Waals surface area contributed by atoms with Crippen LogP contribution in [0.5, 0.6) is 23.0 Å². The minimum absolute atomic E-state index is 0.0170. The molecule has 1 saturated carbocycles. The monoisotopic (exact) mass is 686 g/mol. The topological polar surface area (TPSA) is 175 Å². The largest absolute Gasteiger partial charge is 0.761 e. The molecule has 6 atom stereocenters. The lowest BCUT2D eigenvalue weighted by Crippen LogP contribution is -2.58. The van der Waals surface area contributed by atoms with Crippen LogP contribution >= 0.6 is 0 Å². The summed E-state index contributed by atoms with van der Waals surface area (Å²) in [6.45, 7) is 1.68. The van der Waals surface area contributed by atoms with Gasteiger partial charge >= 0.3 is 21.1 Å². The van der Waals surface area contributed by atoms with E-state index in [9.17, 15) is 9.59 Å². The number of piperidine rings is 1. The van der Waals surface area contributed by atoms with Gasteiger partial charge < -0.3 is 47.7 Å². The van der Waals surface area contributed by atoms with Crippen molar-refractivity contribution >= 4 is 32.0 Å². The van der Waals surface area contributed by atoms with Gasteiger partial charge in [0, 0.05) is 42.9 Å². The van der Waals surface area contributed by atoms with Crippen LogP contribution in [0.15, 0.2) is 30.3 Å². The van der Waals surface area contributed by atoms with Gasteiger partial charge in [0.05, 0.1) is 53.1 Å². The Morgan fingerprint density at radius 1 is 0.938 bits per heavy atom. The third-order valence-electron chi connectivity index (χ3n) is 9.76. The number of nitrogens with zero attached hydrogens (tertiary/aromatic N) is 1. The van der Waals surface area contributed by atoms with Crippen molar-refractivity contribution in [3.63, 3.8) is 0 Å². The van der Waals surface area contributed by atoms with Crippen molar-refractivity contribution in [1.29, 1.82) is 0 Å². The number of esters is 2. The minimum Gasteiger partial charge on any atom is -0.511 e. The van der Waals surface area contributed by atoms with E-state index in [4.69, 9.17) is 47.2 Å². The zero-order valence-electron chi connectivity index (χ0n) is 27.8. The van der Waals surface area contributed by atoms with Gasteiger partial charge in [-0.05, 0) is 60.9 Å². The molecule has 1 aromatic heterocycles. The summed E-state index contributed by atoms with van der Waals surface area (Å²) in [6, 6.07) is 9.40. The number of aromatic nitrogens is 1. The molecule has 3 aromatic rings. The maximum absolute atomic E-state index is 13.5. The van der Waals surface area contributed by atoms with Gasteiger partial charge in [0.1, 0.15) is 18.0 Å². The number of rotatable bonds is 8. The molecule has 3 N–H and O–H groups in total. The van der Waals surface area contributed by atoms with Crippen molar-refractivity contribution in [3.8, 4) is 23.0 Å². The van der Waals surface area contributed by atoms with Crippen molar-refractivity contribution in [3.05, 3.63) is 47.2 Å². The lowest BCUT2D eigenvalue weighted by molar-refractivity contribution is -0.176. The van der Waals surface area contributed by atoms with Crippen LogP contribution in [0.1, 0.15) is 40.5 Å². The fourth-order valence-electron chi connectivity index (χ4n) is 7.76. The average molecular weight is 687 g/mol. The Labute approximate surface area is 279 Å². The second-order valence-corrected chi connectivity index (χ2v) is 12.5. The van der Waals surface area contributed by atoms with Gasteiger partial charge in [-0.25, -0.2) is 4.79 Å². The predicted octanol–water partition coefficient (Wildman–Crippen LogP) is 2.56. The fraction of sp³-hybridized carbons (Fsp3) is 0.515. The molecule has 2 aliphatic heterocycles. The molecule has 14 nitrogen and oxygen atoms in total. The van der Waals surface area contributed by atoms with Gasteiger partial charge in [0.15, 0.2) is 11.5 Å². The maximum Gasteiger partial charge on any atom is 0.761 e. The summed E-state index contributed by atoms with van der Waals surface area (Å²) in [5.74, 6) is 0.441. The fourth-order valence-corrected chi connectivity index (χ4v) is 7.76. The quantitative estimate of drug-likeness (QED) is 0.233. The molecular weight excluding hydrogens is 644 g/mol. The third-order valence-corrected chi connectivity index (χ3v) is 9.76. The van der Waals surface area contributed by atoms with Crippen LogP contribution < -0.4 is 18.9 Å². The minimum atomic E-state index is -3.13. The molecule has 0 bridgehead atoms. The molecule has 0 amide bonds. The number of carbonyl (C=O) groups excluding carboxylic acids is 2. The summed E-state index contributed by atoms with van der Waals surface area (Å²) < 4.78 is 47.9. The van der Waals surface area contributed by atoms with Crippen LogP contribution in [-0.4, -0.2) is 109 Å². The van der Waals surface area contributed by atoms with Crippen LogP contribution in [-0.2, 0) is 29.9 Å². The van der Waals surface area contributed by atoms with E-state index in [0.717, 1.165) is 37.2 Å². The van der Waals surface area contributed by atoms with E-state index in [0.29, 0.717) is 23.7 Å². The molecule has 15 heteroatoms. The Morgan fingerprint density at radius 2 is 1.62 bits per heavy atom. The molecule has 0 unspecified atom stereocenters. The predicted molar refractivity (Wildman–Crippen MR) is 172 cm³/mol. The molecule has 0 spiro atoms. The Balaban J connectivity index is 0.00000107. The number of ether oxygens (including phenoxy) is 7. The number of nitrogens with one attached hydrogen (secondary N) is 1. The van der Waals surface area contributed by atoms with Gasteiger partial charge in [-0.3, -0.25) is 14.2 Å². The van der Waals surface area contributed by atoms with E-state index < -0.39 is 33.3 Å². The van der Waals surface area contributed by atoms with E-state index >= 15 is 0 Å².